The SMILES string of the molecule is CC1(C)OC2OC(=O)C=C[C@]23C1CC(=O)[C@]1(C)C3CC[C@@]2(C)[C@H](c3ccoc3)OC(=O)[C@H]3O[C@]321. The first-order valence-electron chi connectivity index (χ1n) is 12.0. The highest BCUT2D eigenvalue weighted by Gasteiger charge is 2.89. The van der Waals surface area contributed by atoms with Crippen LogP contribution in [0.4, 0.5) is 0 Å². The summed E-state index contributed by atoms with van der Waals surface area (Å²) >= 11 is 0. The Hall–Kier alpha value is -2.45. The maximum absolute atomic E-state index is 14.2. The van der Waals surface area contributed by atoms with Gasteiger partial charge in [-0.1, -0.05) is 13.0 Å². The highest BCUT2D eigenvalue weighted by atomic mass is 16.7. The highest BCUT2D eigenvalue weighted by molar-refractivity contribution is 5.93. The average Bonchev–Trinajstić information content (AvgIpc) is 3.26. The summed E-state index contributed by atoms with van der Waals surface area (Å²) in [6.07, 6.45) is 6.02. The van der Waals surface area contributed by atoms with Gasteiger partial charge in [-0.2, -0.15) is 0 Å². The molecule has 8 heteroatoms. The third-order valence-electron chi connectivity index (χ3n) is 10.3. The molecule has 4 aliphatic heterocycles. The number of cyclic esters (lactones) is 1. The summed E-state index contributed by atoms with van der Waals surface area (Å²) in [5, 5.41) is 0. The molecule has 2 spiro atoms. The normalized spacial score (nSPS) is 51.9. The van der Waals surface area contributed by atoms with Gasteiger partial charge in [-0.15, -0.1) is 0 Å². The smallest absolute Gasteiger partial charge is 0.339 e. The van der Waals surface area contributed by atoms with Gasteiger partial charge in [0.2, 0.25) is 6.29 Å². The van der Waals surface area contributed by atoms with Gasteiger partial charge in [0.15, 0.2) is 6.10 Å². The number of furan rings is 1. The van der Waals surface area contributed by atoms with E-state index in [4.69, 9.17) is 23.4 Å². The second-order valence-electron chi connectivity index (χ2n) is 11.8. The van der Waals surface area contributed by atoms with Gasteiger partial charge in [-0.05, 0) is 45.6 Å². The Bertz CT molecular complexity index is 1170. The molecule has 0 radical (unpaired) electrons. The van der Waals surface area contributed by atoms with Gasteiger partial charge in [0.25, 0.3) is 0 Å². The van der Waals surface area contributed by atoms with Crippen LogP contribution in [0, 0.1) is 28.1 Å². The largest absolute Gasteiger partial charge is 0.472 e. The molecule has 8 nitrogen and oxygen atoms in total. The summed E-state index contributed by atoms with van der Waals surface area (Å²) in [4.78, 5) is 39.5. The number of rotatable bonds is 1. The zero-order chi connectivity index (χ0) is 23.9. The number of ketones is 1. The summed E-state index contributed by atoms with van der Waals surface area (Å²) in [5.41, 5.74) is -3.18. The van der Waals surface area contributed by atoms with Crippen LogP contribution in [0.15, 0.2) is 35.2 Å². The molecule has 0 bridgehead atoms. The van der Waals surface area contributed by atoms with Crippen molar-refractivity contribution >= 4 is 17.7 Å². The van der Waals surface area contributed by atoms with Crippen molar-refractivity contribution in [1.29, 1.82) is 0 Å². The zero-order valence-corrected chi connectivity index (χ0v) is 19.7. The van der Waals surface area contributed by atoms with Crippen LogP contribution in [0.2, 0.25) is 0 Å². The van der Waals surface area contributed by atoms with Crippen LogP contribution in [0.5, 0.6) is 0 Å². The lowest BCUT2D eigenvalue weighted by atomic mass is 9.37. The van der Waals surface area contributed by atoms with Crippen molar-refractivity contribution in [2.45, 2.75) is 76.7 Å². The molecular weight excluding hydrogens is 440 g/mol. The van der Waals surface area contributed by atoms with E-state index in [1.807, 2.05) is 26.8 Å². The van der Waals surface area contributed by atoms with E-state index in [0.717, 1.165) is 5.56 Å². The van der Waals surface area contributed by atoms with E-state index >= 15 is 0 Å². The number of carbonyl (C=O) groups excluding carboxylic acids is 3. The van der Waals surface area contributed by atoms with Crippen LogP contribution in [-0.2, 0) is 33.3 Å². The van der Waals surface area contributed by atoms with Crippen molar-refractivity contribution in [3.05, 3.63) is 36.3 Å². The van der Waals surface area contributed by atoms with Crippen molar-refractivity contribution < 1.29 is 37.7 Å². The molecule has 1 aromatic rings. The molecule has 7 rings (SSSR count). The van der Waals surface area contributed by atoms with Gasteiger partial charge in [-0.25, -0.2) is 9.59 Å². The second-order valence-corrected chi connectivity index (χ2v) is 11.8. The molecule has 0 N–H and O–H groups in total. The predicted octanol–water partition coefficient (Wildman–Crippen LogP) is 3.26. The van der Waals surface area contributed by atoms with Crippen LogP contribution in [-0.4, -0.2) is 41.3 Å². The molecule has 0 aromatic carbocycles. The number of hydrogen-bond donors (Lipinski definition) is 0. The lowest BCUT2D eigenvalue weighted by Crippen LogP contribution is -2.71. The predicted molar refractivity (Wildman–Crippen MR) is 114 cm³/mol. The lowest BCUT2D eigenvalue weighted by molar-refractivity contribution is -0.229. The van der Waals surface area contributed by atoms with Gasteiger partial charge < -0.3 is 23.4 Å². The minimum atomic E-state index is -1.01. The highest BCUT2D eigenvalue weighted by Crippen LogP contribution is 2.79. The molecule has 34 heavy (non-hydrogen) atoms. The third-order valence-corrected chi connectivity index (χ3v) is 10.3. The van der Waals surface area contributed by atoms with Crippen molar-refractivity contribution in [2.24, 2.45) is 28.1 Å². The average molecular weight is 469 g/mol. The van der Waals surface area contributed by atoms with E-state index in [2.05, 4.69) is 6.92 Å². The van der Waals surface area contributed by atoms with Gasteiger partial charge >= 0.3 is 11.9 Å². The minimum Gasteiger partial charge on any atom is -0.472 e. The molecule has 9 atom stereocenters. The molecule has 5 heterocycles. The Morgan fingerprint density at radius 3 is 2.50 bits per heavy atom. The fourth-order valence-electron chi connectivity index (χ4n) is 8.86. The van der Waals surface area contributed by atoms with Gasteiger partial charge in [0.1, 0.15) is 17.5 Å². The fraction of sp³-hybridized carbons (Fsp3) is 0.654. The zero-order valence-electron chi connectivity index (χ0n) is 19.7. The Labute approximate surface area is 196 Å². The van der Waals surface area contributed by atoms with E-state index in [1.165, 1.54) is 6.08 Å². The summed E-state index contributed by atoms with van der Waals surface area (Å²) in [7, 11) is 0. The Morgan fingerprint density at radius 1 is 0.971 bits per heavy atom. The van der Waals surface area contributed by atoms with E-state index in [1.54, 1.807) is 18.6 Å². The summed E-state index contributed by atoms with van der Waals surface area (Å²) < 4.78 is 29.6. The molecule has 0 amide bonds. The number of carbonyl (C=O) groups is 3. The van der Waals surface area contributed by atoms with Crippen molar-refractivity contribution in [3.63, 3.8) is 0 Å². The second kappa shape index (κ2) is 5.85. The van der Waals surface area contributed by atoms with Crippen LogP contribution in [0.25, 0.3) is 0 Å². The van der Waals surface area contributed by atoms with Crippen molar-refractivity contribution in [1.82, 2.24) is 0 Å². The quantitative estimate of drug-likeness (QED) is 0.457. The summed E-state index contributed by atoms with van der Waals surface area (Å²) in [6.45, 7) is 7.95. The summed E-state index contributed by atoms with van der Waals surface area (Å²) in [5.74, 6) is -1.19. The Morgan fingerprint density at radius 2 is 1.76 bits per heavy atom. The first-order chi connectivity index (χ1) is 16.0. The van der Waals surface area contributed by atoms with Crippen molar-refractivity contribution in [3.8, 4) is 0 Å². The maximum Gasteiger partial charge on any atom is 0.339 e. The fourth-order valence-corrected chi connectivity index (χ4v) is 8.86. The van der Waals surface area contributed by atoms with Gasteiger partial charge in [-0.3, -0.25) is 4.79 Å². The number of ether oxygens (including phenoxy) is 4. The topological polar surface area (TPSA) is 105 Å². The monoisotopic (exact) mass is 468 g/mol. The van der Waals surface area contributed by atoms with Crippen LogP contribution in [0.3, 0.4) is 0 Å². The molecule has 3 saturated heterocycles. The van der Waals surface area contributed by atoms with Gasteiger partial charge in [0, 0.05) is 29.4 Å². The minimum absolute atomic E-state index is 0.0739. The van der Waals surface area contributed by atoms with E-state index < -0.39 is 57.9 Å². The summed E-state index contributed by atoms with van der Waals surface area (Å²) in [6, 6.07) is 1.80. The molecule has 1 aromatic heterocycles. The van der Waals surface area contributed by atoms with Crippen molar-refractivity contribution in [2.75, 3.05) is 0 Å². The molecule has 6 aliphatic rings. The van der Waals surface area contributed by atoms with Crippen LogP contribution < -0.4 is 0 Å². The number of hydrogen-bond acceptors (Lipinski definition) is 8. The number of fused-ring (bicyclic) bond motifs is 1. The number of esters is 2. The molecule has 3 unspecified atom stereocenters. The third kappa shape index (κ3) is 1.97. The lowest BCUT2D eigenvalue weighted by Gasteiger charge is -2.64. The number of Topliss-reactive ketones (excluding diaryl/α,β-unsaturated/α-hetero) is 1. The molecule has 180 valence electrons. The van der Waals surface area contributed by atoms with E-state index in [-0.39, 0.29) is 24.0 Å². The van der Waals surface area contributed by atoms with Crippen LogP contribution in [0.1, 0.15) is 58.6 Å². The molecule has 2 aliphatic carbocycles. The Balaban J connectivity index is 1.43. The van der Waals surface area contributed by atoms with E-state index in [9.17, 15) is 14.4 Å². The maximum atomic E-state index is 14.2. The molecule has 2 saturated carbocycles. The molecular formula is C26H28O8. The standard InChI is InChI=1S/C26H28O8/c1-22(2)15-11-16(27)24(4)14(25(15)9-6-17(28)31-21(25)34-22)5-8-23(3)18(13-7-10-30-12-13)32-20(29)19-26(23,24)33-19/h6-7,9-10,12,14-15,18-19,21H,5,8,11H2,1-4H3/t14?,15?,18-,19+,21?,23-,24-,25-,26+/m0/s1. The molecule has 5 fully saturated rings. The van der Waals surface area contributed by atoms with E-state index in [0.29, 0.717) is 12.8 Å². The number of epoxide rings is 1. The first kappa shape index (κ1) is 20.9. The first-order valence-corrected chi connectivity index (χ1v) is 12.0. The Kier molecular flexibility index (Phi) is 3.59. The van der Waals surface area contributed by atoms with Crippen LogP contribution >= 0.6 is 0 Å². The van der Waals surface area contributed by atoms with Gasteiger partial charge in [0.05, 0.1) is 29.0 Å².